The van der Waals surface area contributed by atoms with E-state index < -0.39 is 15.9 Å². The first-order valence-electron chi connectivity index (χ1n) is 6.16. The fraction of sp³-hybridized carbons (Fsp3) is 0. The number of nitrogens with two attached hydrogens (primary N) is 1. The van der Waals surface area contributed by atoms with E-state index in [0.717, 1.165) is 0 Å². The summed E-state index contributed by atoms with van der Waals surface area (Å²) in [7, 11) is -3.76. The molecule has 0 saturated carbocycles. The molecule has 0 fully saturated rings. The van der Waals surface area contributed by atoms with Gasteiger partial charge in [-0.3, -0.25) is 4.79 Å². The third-order valence-corrected chi connectivity index (χ3v) is 3.90. The Balaban J connectivity index is 2.01. The Bertz CT molecular complexity index is 788. The fourth-order valence-electron chi connectivity index (χ4n) is 1.63. The van der Waals surface area contributed by atoms with E-state index in [0.29, 0.717) is 11.4 Å². The highest BCUT2D eigenvalue weighted by Gasteiger charge is 2.11. The minimum Gasteiger partial charge on any atom is -0.342 e. The Kier molecular flexibility index (Phi) is 4.86. The summed E-state index contributed by atoms with van der Waals surface area (Å²) in [5.74, 6) is -0.498. The number of anilines is 2. The number of para-hydroxylation sites is 1. The van der Waals surface area contributed by atoms with Crippen molar-refractivity contribution in [3.63, 3.8) is 0 Å². The number of sulfonamides is 1. The summed E-state index contributed by atoms with van der Waals surface area (Å²) in [5, 5.41) is 10.4. The number of thiocarbonyl (C=S) groups is 1. The molecule has 0 radical (unpaired) electrons. The maximum absolute atomic E-state index is 11.9. The Labute approximate surface area is 133 Å². The van der Waals surface area contributed by atoms with Crippen molar-refractivity contribution in [1.82, 2.24) is 0 Å². The summed E-state index contributed by atoms with van der Waals surface area (Å²) in [6.45, 7) is 0. The summed E-state index contributed by atoms with van der Waals surface area (Å²) >= 11 is 5.00. The van der Waals surface area contributed by atoms with Crippen molar-refractivity contribution in [3.05, 3.63) is 54.6 Å². The average Bonchev–Trinajstić information content (AvgIpc) is 2.48. The second kappa shape index (κ2) is 6.65. The van der Waals surface area contributed by atoms with Crippen LogP contribution in [-0.2, 0) is 14.8 Å². The highest BCUT2D eigenvalue weighted by molar-refractivity contribution is 7.89. The smallest absolute Gasteiger partial charge is 0.283 e. The molecule has 0 atom stereocenters. The standard InChI is InChI=1S/C14H13N3O3S2/c15-22(19,20)12-8-6-11(7-9-12)16-13(18)14(21)17-10-4-2-1-3-5-10/h1-9H,(H,16,18)(H,17,21)(H2,15,19,20). The molecule has 22 heavy (non-hydrogen) atoms. The van der Waals surface area contributed by atoms with Crippen molar-refractivity contribution < 1.29 is 13.2 Å². The largest absolute Gasteiger partial charge is 0.342 e. The Morgan fingerprint density at radius 1 is 0.909 bits per heavy atom. The topological polar surface area (TPSA) is 101 Å². The van der Waals surface area contributed by atoms with E-state index in [1.807, 2.05) is 18.2 Å². The predicted octanol–water partition coefficient (Wildman–Crippen LogP) is 1.71. The van der Waals surface area contributed by atoms with E-state index in [4.69, 9.17) is 17.4 Å². The first-order valence-corrected chi connectivity index (χ1v) is 8.12. The number of benzene rings is 2. The van der Waals surface area contributed by atoms with E-state index in [-0.39, 0.29) is 9.88 Å². The molecule has 0 aliphatic heterocycles. The highest BCUT2D eigenvalue weighted by Crippen LogP contribution is 2.13. The third-order valence-electron chi connectivity index (χ3n) is 2.68. The van der Waals surface area contributed by atoms with Crippen molar-refractivity contribution >= 4 is 44.5 Å². The highest BCUT2D eigenvalue weighted by atomic mass is 32.2. The van der Waals surface area contributed by atoms with Gasteiger partial charge in [0.2, 0.25) is 10.0 Å². The van der Waals surface area contributed by atoms with Crippen LogP contribution in [0.15, 0.2) is 59.5 Å². The first-order chi connectivity index (χ1) is 10.4. The maximum Gasteiger partial charge on any atom is 0.283 e. The molecule has 8 heteroatoms. The monoisotopic (exact) mass is 335 g/mol. The third kappa shape index (κ3) is 4.35. The molecule has 2 aromatic carbocycles. The first kappa shape index (κ1) is 16.1. The lowest BCUT2D eigenvalue weighted by molar-refractivity contribution is -0.110. The summed E-state index contributed by atoms with van der Waals surface area (Å²) in [4.78, 5) is 11.9. The van der Waals surface area contributed by atoms with Gasteiger partial charge in [0.05, 0.1) is 4.90 Å². The van der Waals surface area contributed by atoms with Gasteiger partial charge >= 0.3 is 0 Å². The number of hydrogen-bond acceptors (Lipinski definition) is 4. The van der Waals surface area contributed by atoms with E-state index in [2.05, 4.69) is 10.6 Å². The van der Waals surface area contributed by atoms with Gasteiger partial charge in [-0.25, -0.2) is 13.6 Å². The molecule has 2 aromatic rings. The summed E-state index contributed by atoms with van der Waals surface area (Å²) in [5.41, 5.74) is 1.11. The molecule has 0 spiro atoms. The molecule has 0 unspecified atom stereocenters. The Hall–Kier alpha value is -2.29. The van der Waals surface area contributed by atoms with Crippen LogP contribution < -0.4 is 15.8 Å². The van der Waals surface area contributed by atoms with Gasteiger partial charge in [-0.05, 0) is 36.4 Å². The zero-order valence-electron chi connectivity index (χ0n) is 11.3. The van der Waals surface area contributed by atoms with Crippen LogP contribution >= 0.6 is 12.2 Å². The molecule has 2 rings (SSSR count). The van der Waals surface area contributed by atoms with E-state index in [1.165, 1.54) is 24.3 Å². The van der Waals surface area contributed by atoms with Crippen LogP contribution in [0.4, 0.5) is 11.4 Å². The van der Waals surface area contributed by atoms with Crippen LogP contribution in [0.2, 0.25) is 0 Å². The summed E-state index contributed by atoms with van der Waals surface area (Å²) < 4.78 is 22.3. The van der Waals surface area contributed by atoms with Gasteiger partial charge in [0.25, 0.3) is 5.91 Å². The second-order valence-electron chi connectivity index (χ2n) is 4.34. The van der Waals surface area contributed by atoms with Crippen LogP contribution in [-0.4, -0.2) is 19.3 Å². The van der Waals surface area contributed by atoms with Gasteiger partial charge in [-0.1, -0.05) is 30.4 Å². The van der Waals surface area contributed by atoms with Crippen LogP contribution in [0.25, 0.3) is 0 Å². The van der Waals surface area contributed by atoms with Crippen molar-refractivity contribution in [2.75, 3.05) is 10.6 Å². The lowest BCUT2D eigenvalue weighted by atomic mass is 10.3. The lowest BCUT2D eigenvalue weighted by Crippen LogP contribution is -2.27. The van der Waals surface area contributed by atoms with Gasteiger partial charge in [-0.2, -0.15) is 0 Å². The molecule has 0 aliphatic carbocycles. The van der Waals surface area contributed by atoms with Gasteiger partial charge in [-0.15, -0.1) is 0 Å². The number of nitrogens with one attached hydrogen (secondary N) is 2. The fourth-order valence-corrected chi connectivity index (χ4v) is 2.31. The van der Waals surface area contributed by atoms with Crippen LogP contribution in [0.5, 0.6) is 0 Å². The summed E-state index contributed by atoms with van der Waals surface area (Å²) in [6, 6.07) is 14.5. The molecule has 6 nitrogen and oxygen atoms in total. The quantitative estimate of drug-likeness (QED) is 0.741. The van der Waals surface area contributed by atoms with Crippen molar-refractivity contribution in [3.8, 4) is 0 Å². The molecule has 1 amide bonds. The van der Waals surface area contributed by atoms with Gasteiger partial charge in [0.1, 0.15) is 0 Å². The molecule has 0 aliphatic rings. The van der Waals surface area contributed by atoms with E-state index >= 15 is 0 Å². The summed E-state index contributed by atoms with van der Waals surface area (Å²) in [6.07, 6.45) is 0. The number of carbonyl (C=O) groups is 1. The van der Waals surface area contributed by atoms with Gasteiger partial charge in [0.15, 0.2) is 4.99 Å². The van der Waals surface area contributed by atoms with Crippen LogP contribution in [0.1, 0.15) is 0 Å². The molecular weight excluding hydrogens is 322 g/mol. The zero-order chi connectivity index (χ0) is 16.2. The van der Waals surface area contributed by atoms with Gasteiger partial charge in [0, 0.05) is 11.4 Å². The Morgan fingerprint density at radius 3 is 2.00 bits per heavy atom. The van der Waals surface area contributed by atoms with E-state index in [9.17, 15) is 13.2 Å². The molecule has 0 saturated heterocycles. The SMILES string of the molecule is NS(=O)(=O)c1ccc(NC(=O)C(=S)Nc2ccccc2)cc1. The molecule has 0 aromatic heterocycles. The molecule has 0 heterocycles. The van der Waals surface area contributed by atoms with Crippen molar-refractivity contribution in [1.29, 1.82) is 0 Å². The predicted molar refractivity (Wildman–Crippen MR) is 89.1 cm³/mol. The normalized spacial score (nSPS) is 10.8. The van der Waals surface area contributed by atoms with E-state index in [1.54, 1.807) is 12.1 Å². The molecule has 114 valence electrons. The molecule has 4 N–H and O–H groups in total. The van der Waals surface area contributed by atoms with Crippen LogP contribution in [0, 0.1) is 0 Å². The minimum absolute atomic E-state index is 0.00160. The number of hydrogen-bond donors (Lipinski definition) is 3. The molecule has 0 bridgehead atoms. The minimum atomic E-state index is -3.76. The maximum atomic E-state index is 11.9. The molecular formula is C14H13N3O3S2. The van der Waals surface area contributed by atoms with Crippen molar-refractivity contribution in [2.45, 2.75) is 4.90 Å². The zero-order valence-corrected chi connectivity index (χ0v) is 12.9. The lowest BCUT2D eigenvalue weighted by Gasteiger charge is -2.09. The Morgan fingerprint density at radius 2 is 1.45 bits per heavy atom. The number of primary sulfonamides is 1. The number of amides is 1. The number of carbonyl (C=O) groups excluding carboxylic acids is 1. The van der Waals surface area contributed by atoms with Gasteiger partial charge < -0.3 is 10.6 Å². The number of rotatable bonds is 3. The second-order valence-corrected chi connectivity index (χ2v) is 6.31. The van der Waals surface area contributed by atoms with Crippen LogP contribution in [0.3, 0.4) is 0 Å². The van der Waals surface area contributed by atoms with Crippen molar-refractivity contribution in [2.24, 2.45) is 5.14 Å². The average molecular weight is 335 g/mol.